The van der Waals surface area contributed by atoms with Crippen molar-refractivity contribution in [1.29, 1.82) is 0 Å². The van der Waals surface area contributed by atoms with E-state index in [1.165, 1.54) is 4.31 Å². The van der Waals surface area contributed by atoms with Gasteiger partial charge in [-0.05, 0) is 38.4 Å². The number of carbonyl (C=O) groups excluding carboxylic acids is 1. The average Bonchev–Trinajstić information content (AvgIpc) is 2.50. The molecule has 0 radical (unpaired) electrons. The van der Waals surface area contributed by atoms with Gasteiger partial charge in [-0.25, -0.2) is 12.7 Å². The Morgan fingerprint density at radius 3 is 2.67 bits per heavy atom. The van der Waals surface area contributed by atoms with Gasteiger partial charge in [-0.1, -0.05) is 6.92 Å². The minimum Gasteiger partial charge on any atom is -0.361 e. The number of hydrogen-bond acceptors (Lipinski definition) is 4. The van der Waals surface area contributed by atoms with Crippen molar-refractivity contribution in [3.63, 3.8) is 0 Å². The monoisotopic (exact) mass is 336 g/mol. The van der Waals surface area contributed by atoms with Gasteiger partial charge >= 0.3 is 0 Å². The van der Waals surface area contributed by atoms with Crippen molar-refractivity contribution in [3.8, 4) is 0 Å². The Bertz CT molecular complexity index is 467. The molecule has 0 aromatic rings. The van der Waals surface area contributed by atoms with Gasteiger partial charge in [-0.15, -0.1) is 0 Å². The molecule has 0 unspecified atom stereocenters. The average molecular weight is 336 g/mol. The van der Waals surface area contributed by atoms with Gasteiger partial charge < -0.3 is 5.32 Å². The lowest BCUT2D eigenvalue weighted by Crippen LogP contribution is -2.52. The first-order valence-electron chi connectivity index (χ1n) is 7.22. The van der Waals surface area contributed by atoms with Crippen LogP contribution in [0.15, 0.2) is 0 Å². The Balaban J connectivity index is 2.45. The summed E-state index contributed by atoms with van der Waals surface area (Å²) < 4.78 is 25.1. The van der Waals surface area contributed by atoms with Crippen molar-refractivity contribution in [2.75, 3.05) is 25.4 Å². The molecule has 1 aliphatic rings. The zero-order valence-corrected chi connectivity index (χ0v) is 14.1. The smallest absolute Gasteiger partial charge is 0.242 e. The van der Waals surface area contributed by atoms with Crippen LogP contribution in [-0.4, -0.2) is 49.1 Å². The van der Waals surface area contributed by atoms with Crippen LogP contribution in [-0.2, 0) is 14.8 Å². The highest BCUT2D eigenvalue weighted by molar-refractivity contribution is 7.89. The maximum atomic E-state index is 12.1. The first-order valence-corrected chi connectivity index (χ1v) is 9.24. The molecule has 7 nitrogen and oxygen atoms in total. The van der Waals surface area contributed by atoms with Gasteiger partial charge in [0.1, 0.15) is 0 Å². The van der Waals surface area contributed by atoms with E-state index >= 15 is 0 Å². The Morgan fingerprint density at radius 1 is 1.33 bits per heavy atom. The summed E-state index contributed by atoms with van der Waals surface area (Å²) in [4.78, 5) is 12.1. The number of hydrazine groups is 1. The number of sulfonamides is 1. The van der Waals surface area contributed by atoms with Crippen LogP contribution in [0.3, 0.4) is 0 Å². The van der Waals surface area contributed by atoms with Gasteiger partial charge in [0.15, 0.2) is 5.11 Å². The molecule has 3 N–H and O–H groups in total. The number of amides is 1. The largest absolute Gasteiger partial charge is 0.361 e. The van der Waals surface area contributed by atoms with Crippen LogP contribution in [0.25, 0.3) is 0 Å². The highest BCUT2D eigenvalue weighted by atomic mass is 32.2. The fourth-order valence-electron chi connectivity index (χ4n) is 2.09. The Labute approximate surface area is 131 Å². The maximum absolute atomic E-state index is 12.1. The second kappa shape index (κ2) is 8.50. The summed E-state index contributed by atoms with van der Waals surface area (Å²) in [5, 5.41) is 3.29. The van der Waals surface area contributed by atoms with Gasteiger partial charge in [0.25, 0.3) is 0 Å². The molecular weight excluding hydrogens is 312 g/mol. The summed E-state index contributed by atoms with van der Waals surface area (Å²) in [6.45, 7) is 5.08. The van der Waals surface area contributed by atoms with E-state index in [1.807, 2.05) is 6.92 Å². The van der Waals surface area contributed by atoms with Crippen LogP contribution >= 0.6 is 12.2 Å². The van der Waals surface area contributed by atoms with Crippen molar-refractivity contribution in [2.24, 2.45) is 5.92 Å². The van der Waals surface area contributed by atoms with Crippen molar-refractivity contribution >= 4 is 33.3 Å². The maximum Gasteiger partial charge on any atom is 0.242 e. The summed E-state index contributed by atoms with van der Waals surface area (Å²) in [7, 11) is -3.24. The lowest BCUT2D eigenvalue weighted by atomic mass is 9.99. The molecule has 0 spiro atoms. The third-order valence-corrected chi connectivity index (χ3v) is 5.44. The number of hydrogen-bond donors (Lipinski definition) is 3. The number of rotatable bonds is 5. The normalized spacial score (nSPS) is 19.8. The molecular formula is C12H24N4O3S2. The summed E-state index contributed by atoms with van der Waals surface area (Å²) in [5.41, 5.74) is 5.17. The summed E-state index contributed by atoms with van der Waals surface area (Å²) >= 11 is 5.00. The molecule has 0 aliphatic carbocycles. The molecule has 1 amide bonds. The van der Waals surface area contributed by atoms with E-state index in [0.29, 0.717) is 24.5 Å². The summed E-state index contributed by atoms with van der Waals surface area (Å²) in [5.74, 6) is -0.516. The first-order chi connectivity index (χ1) is 9.90. The van der Waals surface area contributed by atoms with Gasteiger partial charge in [0.2, 0.25) is 15.9 Å². The van der Waals surface area contributed by atoms with Gasteiger partial charge in [0.05, 0.1) is 11.7 Å². The molecule has 1 rings (SSSR count). The van der Waals surface area contributed by atoms with Crippen molar-refractivity contribution in [3.05, 3.63) is 0 Å². The Morgan fingerprint density at radius 2 is 2.05 bits per heavy atom. The molecule has 0 aromatic heterocycles. The van der Waals surface area contributed by atoms with E-state index in [-0.39, 0.29) is 24.1 Å². The fourth-order valence-corrected chi connectivity index (χ4v) is 3.43. The molecule has 9 heteroatoms. The molecule has 1 fully saturated rings. The van der Waals surface area contributed by atoms with Crippen molar-refractivity contribution in [1.82, 2.24) is 20.5 Å². The number of thiocarbonyl (C=S) groups is 1. The minimum absolute atomic E-state index is 0.0601. The second-order valence-corrected chi connectivity index (χ2v) is 7.63. The SMILES string of the molecule is CCCNC(=S)NNC(=O)[C@@H]1CCCN(S(=O)(=O)CC)C1. The quantitative estimate of drug-likeness (QED) is 0.482. The number of carbonyl (C=O) groups is 1. The highest BCUT2D eigenvalue weighted by Gasteiger charge is 2.31. The predicted molar refractivity (Wildman–Crippen MR) is 85.9 cm³/mol. The molecule has 1 aliphatic heterocycles. The van der Waals surface area contributed by atoms with Gasteiger partial charge in [-0.3, -0.25) is 15.6 Å². The molecule has 1 saturated heterocycles. The standard InChI is InChI=1S/C12H24N4O3S2/c1-3-7-13-12(20)15-14-11(17)10-6-5-8-16(9-10)21(18,19)4-2/h10H,3-9H2,1-2H3,(H,14,17)(H2,13,15,20)/t10-/m1/s1. The van der Waals surface area contributed by atoms with Gasteiger partial charge in [0, 0.05) is 19.6 Å². The third kappa shape index (κ3) is 5.76. The van der Waals surface area contributed by atoms with Crippen LogP contribution in [0.5, 0.6) is 0 Å². The van der Waals surface area contributed by atoms with Crippen LogP contribution < -0.4 is 16.2 Å². The molecule has 0 saturated carbocycles. The molecule has 21 heavy (non-hydrogen) atoms. The molecule has 0 bridgehead atoms. The molecule has 122 valence electrons. The van der Waals surface area contributed by atoms with Crippen molar-refractivity contribution in [2.45, 2.75) is 33.1 Å². The van der Waals surface area contributed by atoms with E-state index in [0.717, 1.165) is 13.0 Å². The lowest BCUT2D eigenvalue weighted by molar-refractivity contribution is -0.126. The zero-order valence-electron chi connectivity index (χ0n) is 12.5. The Hall–Kier alpha value is -0.930. The summed E-state index contributed by atoms with van der Waals surface area (Å²) in [6.07, 6.45) is 2.30. The van der Waals surface area contributed by atoms with Crippen molar-refractivity contribution < 1.29 is 13.2 Å². The molecule has 1 atom stereocenters. The Kier molecular flexibility index (Phi) is 7.33. The van der Waals surface area contributed by atoms with Crippen LogP contribution in [0.4, 0.5) is 0 Å². The van der Waals surface area contributed by atoms with Crippen LogP contribution in [0.2, 0.25) is 0 Å². The number of piperidine rings is 1. The predicted octanol–water partition coefficient (Wildman–Crippen LogP) is -0.0466. The van der Waals surface area contributed by atoms with Crippen LogP contribution in [0, 0.1) is 5.92 Å². The van der Waals surface area contributed by atoms with Crippen LogP contribution in [0.1, 0.15) is 33.1 Å². The van der Waals surface area contributed by atoms with E-state index in [4.69, 9.17) is 12.2 Å². The molecule has 1 heterocycles. The van der Waals surface area contributed by atoms with Gasteiger partial charge in [-0.2, -0.15) is 0 Å². The lowest BCUT2D eigenvalue weighted by Gasteiger charge is -2.30. The summed E-state index contributed by atoms with van der Waals surface area (Å²) in [6, 6.07) is 0. The second-order valence-electron chi connectivity index (χ2n) is 4.97. The minimum atomic E-state index is -3.24. The third-order valence-electron chi connectivity index (χ3n) is 3.35. The van der Waals surface area contributed by atoms with E-state index in [9.17, 15) is 13.2 Å². The first kappa shape index (κ1) is 18.1. The highest BCUT2D eigenvalue weighted by Crippen LogP contribution is 2.19. The number of nitrogens with zero attached hydrogens (tertiary/aromatic N) is 1. The van der Waals surface area contributed by atoms with E-state index in [2.05, 4.69) is 16.2 Å². The van der Waals surface area contributed by atoms with E-state index in [1.54, 1.807) is 6.92 Å². The van der Waals surface area contributed by atoms with E-state index < -0.39 is 10.0 Å². The number of nitrogens with one attached hydrogen (secondary N) is 3. The topological polar surface area (TPSA) is 90.5 Å². The molecule has 0 aromatic carbocycles. The fraction of sp³-hybridized carbons (Fsp3) is 0.833. The zero-order chi connectivity index (χ0) is 15.9.